The van der Waals surface area contributed by atoms with Crippen LogP contribution in [0, 0.1) is 12.7 Å². The lowest BCUT2D eigenvalue weighted by atomic mass is 10.2. The predicted molar refractivity (Wildman–Crippen MR) is 75.8 cm³/mol. The number of nitrogens with zero attached hydrogens (tertiary/aromatic N) is 1. The second-order valence-electron chi connectivity index (χ2n) is 4.62. The summed E-state index contributed by atoms with van der Waals surface area (Å²) in [5.74, 6) is -1.06. The highest BCUT2D eigenvalue weighted by molar-refractivity contribution is 5.97. The SMILES string of the molecule is CCC(OC(=O)c1cccc(F)c1)C(=O)Nc1cc(C)on1. The molecule has 0 aliphatic rings. The minimum Gasteiger partial charge on any atom is -0.449 e. The van der Waals surface area contributed by atoms with Crippen molar-refractivity contribution < 1.29 is 23.2 Å². The van der Waals surface area contributed by atoms with Crippen LogP contribution in [0.15, 0.2) is 34.9 Å². The highest BCUT2D eigenvalue weighted by atomic mass is 19.1. The van der Waals surface area contributed by atoms with Crippen LogP contribution in [0.25, 0.3) is 0 Å². The number of rotatable bonds is 5. The normalized spacial score (nSPS) is 11.8. The van der Waals surface area contributed by atoms with Crippen LogP contribution in [0.1, 0.15) is 29.5 Å². The van der Waals surface area contributed by atoms with Crippen molar-refractivity contribution in [3.05, 3.63) is 47.5 Å². The Kier molecular flexibility index (Phi) is 4.88. The number of aromatic nitrogens is 1. The molecule has 0 fully saturated rings. The van der Waals surface area contributed by atoms with Crippen molar-refractivity contribution in [1.29, 1.82) is 0 Å². The molecule has 0 spiro atoms. The molecule has 7 heteroatoms. The molecule has 2 aromatic rings. The van der Waals surface area contributed by atoms with Gasteiger partial charge in [0, 0.05) is 6.07 Å². The van der Waals surface area contributed by atoms with Gasteiger partial charge in [-0.3, -0.25) is 4.79 Å². The number of ether oxygens (including phenoxy) is 1. The van der Waals surface area contributed by atoms with Crippen LogP contribution in [-0.2, 0) is 9.53 Å². The summed E-state index contributed by atoms with van der Waals surface area (Å²) in [6.45, 7) is 3.38. The van der Waals surface area contributed by atoms with Gasteiger partial charge in [0.15, 0.2) is 11.9 Å². The Morgan fingerprint density at radius 1 is 1.41 bits per heavy atom. The Morgan fingerprint density at radius 3 is 2.77 bits per heavy atom. The molecule has 1 unspecified atom stereocenters. The van der Waals surface area contributed by atoms with E-state index in [9.17, 15) is 14.0 Å². The summed E-state index contributed by atoms with van der Waals surface area (Å²) in [5.41, 5.74) is 0.0449. The fourth-order valence-corrected chi connectivity index (χ4v) is 1.77. The molecule has 1 aromatic carbocycles. The van der Waals surface area contributed by atoms with Crippen molar-refractivity contribution in [3.63, 3.8) is 0 Å². The maximum absolute atomic E-state index is 13.1. The molecule has 0 bridgehead atoms. The minimum atomic E-state index is -1.01. The molecule has 1 atom stereocenters. The van der Waals surface area contributed by atoms with Gasteiger partial charge in [-0.1, -0.05) is 18.1 Å². The molecule has 0 aliphatic carbocycles. The zero-order valence-electron chi connectivity index (χ0n) is 12.1. The van der Waals surface area contributed by atoms with Gasteiger partial charge in [0.1, 0.15) is 11.6 Å². The van der Waals surface area contributed by atoms with E-state index in [1.807, 2.05) is 0 Å². The predicted octanol–water partition coefficient (Wildman–Crippen LogP) is 2.70. The Morgan fingerprint density at radius 2 is 2.18 bits per heavy atom. The lowest BCUT2D eigenvalue weighted by Gasteiger charge is -2.15. The Labute approximate surface area is 126 Å². The summed E-state index contributed by atoms with van der Waals surface area (Å²) in [6, 6.07) is 6.61. The number of hydrogen-bond acceptors (Lipinski definition) is 5. The standard InChI is InChI=1S/C15H15FN2O4/c1-3-12(14(19)17-13-7-9(2)22-18-13)21-15(20)10-5-4-6-11(16)8-10/h4-8,12H,3H2,1-2H3,(H,17,18,19). The smallest absolute Gasteiger partial charge is 0.339 e. The number of aryl methyl sites for hydroxylation is 1. The van der Waals surface area contributed by atoms with E-state index in [0.717, 1.165) is 6.07 Å². The highest BCUT2D eigenvalue weighted by Crippen LogP contribution is 2.12. The third-order valence-corrected chi connectivity index (χ3v) is 2.85. The summed E-state index contributed by atoms with van der Waals surface area (Å²) in [5, 5.41) is 6.11. The van der Waals surface area contributed by atoms with Crippen LogP contribution < -0.4 is 5.32 Å². The van der Waals surface area contributed by atoms with E-state index in [-0.39, 0.29) is 17.8 Å². The van der Waals surface area contributed by atoms with E-state index in [0.29, 0.717) is 5.76 Å². The number of anilines is 1. The lowest BCUT2D eigenvalue weighted by Crippen LogP contribution is -2.32. The zero-order chi connectivity index (χ0) is 16.1. The number of nitrogens with one attached hydrogen (secondary N) is 1. The van der Waals surface area contributed by atoms with Crippen LogP contribution in [0.4, 0.5) is 10.2 Å². The first-order valence-electron chi connectivity index (χ1n) is 6.70. The molecule has 2 rings (SSSR count). The summed E-state index contributed by atoms with van der Waals surface area (Å²) >= 11 is 0. The van der Waals surface area contributed by atoms with Crippen LogP contribution in [0.5, 0.6) is 0 Å². The Hall–Kier alpha value is -2.70. The Balaban J connectivity index is 2.02. The first-order chi connectivity index (χ1) is 10.5. The molecule has 0 saturated heterocycles. The molecule has 0 aliphatic heterocycles. The van der Waals surface area contributed by atoms with E-state index in [1.54, 1.807) is 19.9 Å². The fraction of sp³-hybridized carbons (Fsp3) is 0.267. The third-order valence-electron chi connectivity index (χ3n) is 2.85. The van der Waals surface area contributed by atoms with E-state index < -0.39 is 23.8 Å². The number of carbonyl (C=O) groups is 2. The monoisotopic (exact) mass is 306 g/mol. The van der Waals surface area contributed by atoms with Crippen LogP contribution >= 0.6 is 0 Å². The van der Waals surface area contributed by atoms with Gasteiger partial charge in [-0.15, -0.1) is 0 Å². The molecule has 116 valence electrons. The van der Waals surface area contributed by atoms with Gasteiger partial charge >= 0.3 is 5.97 Å². The summed E-state index contributed by atoms with van der Waals surface area (Å²) in [6.07, 6.45) is -0.739. The molecule has 6 nitrogen and oxygen atoms in total. The van der Waals surface area contributed by atoms with Gasteiger partial charge in [-0.05, 0) is 31.5 Å². The second-order valence-corrected chi connectivity index (χ2v) is 4.62. The average molecular weight is 306 g/mol. The van der Waals surface area contributed by atoms with Crippen molar-refractivity contribution in [2.24, 2.45) is 0 Å². The molecular weight excluding hydrogens is 291 g/mol. The second kappa shape index (κ2) is 6.84. The van der Waals surface area contributed by atoms with E-state index >= 15 is 0 Å². The highest BCUT2D eigenvalue weighted by Gasteiger charge is 2.23. The molecule has 0 radical (unpaired) electrons. The summed E-state index contributed by atoms with van der Waals surface area (Å²) in [4.78, 5) is 24.0. The molecule has 1 amide bonds. The van der Waals surface area contributed by atoms with Crippen molar-refractivity contribution in [3.8, 4) is 0 Å². The number of carbonyl (C=O) groups excluding carboxylic acids is 2. The van der Waals surface area contributed by atoms with E-state index in [2.05, 4.69) is 10.5 Å². The van der Waals surface area contributed by atoms with Crippen LogP contribution in [0.3, 0.4) is 0 Å². The van der Waals surface area contributed by atoms with Crippen molar-refractivity contribution >= 4 is 17.7 Å². The third kappa shape index (κ3) is 3.91. The average Bonchev–Trinajstić information content (AvgIpc) is 2.89. The van der Waals surface area contributed by atoms with Crippen molar-refractivity contribution in [2.45, 2.75) is 26.4 Å². The van der Waals surface area contributed by atoms with Gasteiger partial charge in [-0.2, -0.15) is 0 Å². The number of halogens is 1. The van der Waals surface area contributed by atoms with E-state index in [1.165, 1.54) is 18.2 Å². The lowest BCUT2D eigenvalue weighted by molar-refractivity contribution is -0.124. The summed E-state index contributed by atoms with van der Waals surface area (Å²) in [7, 11) is 0. The molecular formula is C15H15FN2O4. The first kappa shape index (κ1) is 15.7. The van der Waals surface area contributed by atoms with Crippen molar-refractivity contribution in [2.75, 3.05) is 5.32 Å². The molecule has 1 aromatic heterocycles. The number of esters is 1. The van der Waals surface area contributed by atoms with Gasteiger partial charge in [0.05, 0.1) is 5.56 Å². The molecule has 1 N–H and O–H groups in total. The van der Waals surface area contributed by atoms with Crippen molar-refractivity contribution in [1.82, 2.24) is 5.16 Å². The fourth-order valence-electron chi connectivity index (χ4n) is 1.77. The maximum Gasteiger partial charge on any atom is 0.339 e. The quantitative estimate of drug-likeness (QED) is 0.859. The van der Waals surface area contributed by atoms with Gasteiger partial charge < -0.3 is 14.6 Å². The molecule has 0 saturated carbocycles. The van der Waals surface area contributed by atoms with Crippen LogP contribution in [-0.4, -0.2) is 23.1 Å². The van der Waals surface area contributed by atoms with Crippen LogP contribution in [0.2, 0.25) is 0 Å². The number of hydrogen-bond donors (Lipinski definition) is 1. The topological polar surface area (TPSA) is 81.4 Å². The summed E-state index contributed by atoms with van der Waals surface area (Å²) < 4.78 is 23.0. The Bertz CT molecular complexity index is 684. The maximum atomic E-state index is 13.1. The molecule has 22 heavy (non-hydrogen) atoms. The van der Waals surface area contributed by atoms with Gasteiger partial charge in [0.25, 0.3) is 5.91 Å². The zero-order valence-corrected chi connectivity index (χ0v) is 12.1. The first-order valence-corrected chi connectivity index (χ1v) is 6.70. The van der Waals surface area contributed by atoms with Gasteiger partial charge in [0.2, 0.25) is 0 Å². The molecule has 1 heterocycles. The number of amides is 1. The minimum absolute atomic E-state index is 0.0449. The number of benzene rings is 1. The van der Waals surface area contributed by atoms with E-state index in [4.69, 9.17) is 9.26 Å². The largest absolute Gasteiger partial charge is 0.449 e. The van der Waals surface area contributed by atoms with Gasteiger partial charge in [-0.25, -0.2) is 9.18 Å².